The van der Waals surface area contributed by atoms with Crippen molar-refractivity contribution in [2.24, 2.45) is 0 Å². The zero-order chi connectivity index (χ0) is 18.4. The molecule has 3 aromatic rings. The lowest BCUT2D eigenvalue weighted by Crippen LogP contribution is -2.55. The molecule has 140 valence electrons. The van der Waals surface area contributed by atoms with Gasteiger partial charge in [0.25, 0.3) is 5.91 Å². The summed E-state index contributed by atoms with van der Waals surface area (Å²) in [6.45, 7) is 2.41. The van der Waals surface area contributed by atoms with Gasteiger partial charge in [0.05, 0.1) is 24.5 Å². The smallest absolute Gasteiger partial charge is 0.257 e. The molecule has 1 amide bonds. The van der Waals surface area contributed by atoms with Gasteiger partial charge in [0.1, 0.15) is 12.0 Å². The Morgan fingerprint density at radius 1 is 1.26 bits per heavy atom. The predicted octanol–water partition coefficient (Wildman–Crippen LogP) is 3.05. The van der Waals surface area contributed by atoms with Gasteiger partial charge < -0.3 is 24.4 Å². The maximum Gasteiger partial charge on any atom is 0.257 e. The van der Waals surface area contributed by atoms with Crippen LogP contribution in [0.5, 0.6) is 5.75 Å². The fourth-order valence-electron chi connectivity index (χ4n) is 4.62. The number of carbonyl (C=O) groups is 1. The molecule has 1 aromatic carbocycles. The van der Waals surface area contributed by atoms with Gasteiger partial charge in [-0.25, -0.2) is 0 Å². The van der Waals surface area contributed by atoms with Crippen LogP contribution >= 0.6 is 0 Å². The first-order valence-corrected chi connectivity index (χ1v) is 9.46. The second-order valence-corrected chi connectivity index (χ2v) is 7.45. The maximum absolute atomic E-state index is 12.6. The summed E-state index contributed by atoms with van der Waals surface area (Å²) < 4.78 is 10.5. The van der Waals surface area contributed by atoms with Crippen molar-refractivity contribution >= 4 is 16.8 Å². The van der Waals surface area contributed by atoms with Crippen LogP contribution in [-0.2, 0) is 12.0 Å². The number of methoxy groups -OCH3 is 1. The lowest BCUT2D eigenvalue weighted by molar-refractivity contribution is 0.0626. The molecule has 2 aliphatic heterocycles. The van der Waals surface area contributed by atoms with Crippen LogP contribution in [0.4, 0.5) is 0 Å². The number of nitrogens with zero attached hydrogens (tertiary/aromatic N) is 1. The summed E-state index contributed by atoms with van der Waals surface area (Å²) >= 11 is 0. The van der Waals surface area contributed by atoms with E-state index in [1.165, 1.54) is 22.9 Å². The Hall–Kier alpha value is -2.73. The van der Waals surface area contributed by atoms with Gasteiger partial charge in [-0.05, 0) is 49.1 Å². The number of H-pyrrole nitrogens is 1. The summed E-state index contributed by atoms with van der Waals surface area (Å²) in [5.74, 6) is 0.938. The number of nitrogens with one attached hydrogen (secondary N) is 2. The molecule has 4 heterocycles. The Labute approximate surface area is 157 Å². The number of hydrogen-bond acceptors (Lipinski definition) is 4. The number of carbonyl (C=O) groups excluding carboxylic acids is 1. The summed E-state index contributed by atoms with van der Waals surface area (Å²) in [4.78, 5) is 18.2. The van der Waals surface area contributed by atoms with E-state index in [-0.39, 0.29) is 11.4 Å². The minimum atomic E-state index is -0.0903. The van der Waals surface area contributed by atoms with Gasteiger partial charge in [0.2, 0.25) is 0 Å². The summed E-state index contributed by atoms with van der Waals surface area (Å²) in [7, 11) is 1.70. The molecule has 2 N–H and O–H groups in total. The maximum atomic E-state index is 12.6. The molecule has 6 nitrogen and oxygen atoms in total. The number of rotatable bonds is 2. The molecule has 6 heteroatoms. The number of hydrogen-bond donors (Lipinski definition) is 2. The molecule has 27 heavy (non-hydrogen) atoms. The van der Waals surface area contributed by atoms with Crippen molar-refractivity contribution < 1.29 is 13.9 Å². The lowest BCUT2D eigenvalue weighted by atomic mass is 9.79. The number of benzene rings is 1. The Morgan fingerprint density at radius 2 is 2.11 bits per heavy atom. The number of aromatic amines is 1. The molecule has 0 radical (unpaired) electrons. The lowest BCUT2D eigenvalue weighted by Gasteiger charge is -2.44. The van der Waals surface area contributed by atoms with E-state index in [0.717, 1.165) is 50.2 Å². The van der Waals surface area contributed by atoms with Crippen LogP contribution in [0.2, 0.25) is 0 Å². The normalized spacial score (nSPS) is 18.6. The van der Waals surface area contributed by atoms with Gasteiger partial charge in [-0.1, -0.05) is 0 Å². The molecule has 1 saturated heterocycles. The summed E-state index contributed by atoms with van der Waals surface area (Å²) in [6, 6.07) is 7.95. The van der Waals surface area contributed by atoms with Crippen LogP contribution in [0.3, 0.4) is 0 Å². The van der Waals surface area contributed by atoms with Crippen LogP contribution in [-0.4, -0.2) is 42.5 Å². The Morgan fingerprint density at radius 3 is 2.85 bits per heavy atom. The molecule has 0 atom stereocenters. The van der Waals surface area contributed by atoms with Crippen molar-refractivity contribution in [3.05, 3.63) is 53.6 Å². The zero-order valence-electron chi connectivity index (χ0n) is 15.4. The fraction of sp³-hybridized carbons (Fsp3) is 0.381. The summed E-state index contributed by atoms with van der Waals surface area (Å²) in [5, 5.41) is 5.01. The average molecular weight is 365 g/mol. The first-order chi connectivity index (χ1) is 13.2. The molecular weight excluding hydrogens is 342 g/mol. The van der Waals surface area contributed by atoms with E-state index in [4.69, 9.17) is 9.15 Å². The fourth-order valence-corrected chi connectivity index (χ4v) is 4.62. The number of aromatic nitrogens is 1. The highest BCUT2D eigenvalue weighted by molar-refractivity contribution is 5.94. The van der Waals surface area contributed by atoms with Gasteiger partial charge in [0, 0.05) is 36.2 Å². The molecule has 0 bridgehead atoms. The monoisotopic (exact) mass is 365 g/mol. The highest BCUT2D eigenvalue weighted by Crippen LogP contribution is 2.41. The van der Waals surface area contributed by atoms with Gasteiger partial charge in [-0.3, -0.25) is 4.79 Å². The molecular formula is C21H23N3O3. The highest BCUT2D eigenvalue weighted by Gasteiger charge is 2.42. The van der Waals surface area contributed by atoms with Gasteiger partial charge in [0.15, 0.2) is 0 Å². The topological polar surface area (TPSA) is 70.5 Å². The number of furan rings is 1. The number of fused-ring (bicyclic) bond motifs is 4. The van der Waals surface area contributed by atoms with Crippen molar-refractivity contribution in [3.8, 4) is 5.75 Å². The minimum Gasteiger partial charge on any atom is -0.497 e. The molecule has 0 unspecified atom stereocenters. The first-order valence-electron chi connectivity index (χ1n) is 9.46. The third-order valence-electron chi connectivity index (χ3n) is 6.10. The van der Waals surface area contributed by atoms with Gasteiger partial charge in [-0.2, -0.15) is 0 Å². The number of likely N-dealkylation sites (tertiary alicyclic amines) is 1. The molecule has 0 aliphatic carbocycles. The van der Waals surface area contributed by atoms with E-state index < -0.39 is 0 Å². The zero-order valence-corrected chi connectivity index (χ0v) is 15.4. The molecule has 1 fully saturated rings. The van der Waals surface area contributed by atoms with Crippen LogP contribution in [0.15, 0.2) is 41.2 Å². The third kappa shape index (κ3) is 2.55. The quantitative estimate of drug-likeness (QED) is 0.732. The van der Waals surface area contributed by atoms with Crippen LogP contribution in [0, 0.1) is 0 Å². The van der Waals surface area contributed by atoms with E-state index in [2.05, 4.69) is 22.4 Å². The van der Waals surface area contributed by atoms with Crippen LogP contribution in [0.1, 0.15) is 34.5 Å². The Kier molecular flexibility index (Phi) is 3.75. The van der Waals surface area contributed by atoms with Crippen molar-refractivity contribution in [2.75, 3.05) is 26.7 Å². The number of ether oxygens (including phenoxy) is 1. The number of amides is 1. The van der Waals surface area contributed by atoms with E-state index in [9.17, 15) is 4.79 Å². The molecule has 2 aromatic heterocycles. The summed E-state index contributed by atoms with van der Waals surface area (Å²) in [6.07, 6.45) is 5.87. The van der Waals surface area contributed by atoms with E-state index >= 15 is 0 Å². The first kappa shape index (κ1) is 16.4. The molecule has 5 rings (SSSR count). The van der Waals surface area contributed by atoms with Crippen molar-refractivity contribution in [2.45, 2.75) is 24.8 Å². The Balaban J connectivity index is 1.45. The standard InChI is InChI=1S/C21H23N3O3/c1-26-15-2-3-18-17(12-15)16-4-8-22-21(19(16)23-18)6-9-24(10-7-21)20(25)14-5-11-27-13-14/h2-3,5,11-13,22-23H,4,6-10H2,1H3. The van der Waals surface area contributed by atoms with Crippen molar-refractivity contribution in [3.63, 3.8) is 0 Å². The predicted molar refractivity (Wildman–Crippen MR) is 102 cm³/mol. The van der Waals surface area contributed by atoms with Crippen LogP contribution < -0.4 is 10.1 Å². The van der Waals surface area contributed by atoms with Gasteiger partial charge >= 0.3 is 0 Å². The second kappa shape index (κ2) is 6.16. The largest absolute Gasteiger partial charge is 0.497 e. The molecule has 1 spiro atoms. The summed E-state index contributed by atoms with van der Waals surface area (Å²) in [5.41, 5.74) is 4.36. The van der Waals surface area contributed by atoms with Gasteiger partial charge in [-0.15, -0.1) is 0 Å². The van der Waals surface area contributed by atoms with Crippen molar-refractivity contribution in [1.82, 2.24) is 15.2 Å². The highest BCUT2D eigenvalue weighted by atomic mass is 16.5. The third-order valence-corrected chi connectivity index (χ3v) is 6.10. The molecule has 0 saturated carbocycles. The Bertz CT molecular complexity index is 982. The van der Waals surface area contributed by atoms with Crippen LogP contribution in [0.25, 0.3) is 10.9 Å². The average Bonchev–Trinajstić information content (AvgIpc) is 3.37. The van der Waals surface area contributed by atoms with E-state index in [0.29, 0.717) is 5.56 Å². The second-order valence-electron chi connectivity index (χ2n) is 7.45. The van der Waals surface area contributed by atoms with E-state index in [1.54, 1.807) is 19.4 Å². The molecule has 2 aliphatic rings. The SMILES string of the molecule is COc1ccc2[nH]c3c(c2c1)CCNC31CCN(C(=O)c2ccoc2)CC1. The van der Waals surface area contributed by atoms with E-state index in [1.807, 2.05) is 11.0 Å². The number of piperidine rings is 1. The van der Waals surface area contributed by atoms with Crippen molar-refractivity contribution in [1.29, 1.82) is 0 Å². The minimum absolute atomic E-state index is 0.0519.